The van der Waals surface area contributed by atoms with Gasteiger partial charge in [0, 0.05) is 29.4 Å². The van der Waals surface area contributed by atoms with E-state index in [1.165, 1.54) is 0 Å². The summed E-state index contributed by atoms with van der Waals surface area (Å²) < 4.78 is 0. The van der Waals surface area contributed by atoms with Crippen molar-refractivity contribution in [1.82, 2.24) is 10.3 Å². The lowest BCUT2D eigenvalue weighted by molar-refractivity contribution is 0.0354. The zero-order chi connectivity index (χ0) is 16.0. The van der Waals surface area contributed by atoms with E-state index in [-0.39, 0.29) is 12.6 Å². The van der Waals surface area contributed by atoms with Gasteiger partial charge in [-0.2, -0.15) is 0 Å². The van der Waals surface area contributed by atoms with E-state index in [9.17, 15) is 9.90 Å². The Bertz CT molecular complexity index is 610. The van der Waals surface area contributed by atoms with Crippen LogP contribution < -0.4 is 10.6 Å². The average Bonchev–Trinajstić information content (AvgIpc) is 3.07. The van der Waals surface area contributed by atoms with Gasteiger partial charge in [-0.25, -0.2) is 9.78 Å². The number of nitrogens with zero attached hydrogens (tertiary/aromatic N) is 1. The summed E-state index contributed by atoms with van der Waals surface area (Å²) in [6, 6.07) is 7.21. The number of hydrogen-bond acceptors (Lipinski definition) is 4. The Hall–Kier alpha value is -1.92. The first-order valence-corrected chi connectivity index (χ1v) is 8.21. The van der Waals surface area contributed by atoms with Crippen LogP contribution in [0.25, 0.3) is 10.6 Å². The van der Waals surface area contributed by atoms with Crippen LogP contribution in [0.2, 0.25) is 0 Å². The lowest BCUT2D eigenvalue weighted by Gasteiger charge is -2.25. The fourth-order valence-electron chi connectivity index (χ4n) is 2.02. The number of aromatic nitrogens is 1. The molecular formula is C16H21N3O2S. The molecule has 1 heterocycles. The Labute approximate surface area is 134 Å². The number of hydrogen-bond donors (Lipinski definition) is 3. The van der Waals surface area contributed by atoms with Crippen molar-refractivity contribution in [3.05, 3.63) is 35.8 Å². The number of aliphatic hydroxyl groups is 1. The van der Waals surface area contributed by atoms with E-state index in [4.69, 9.17) is 0 Å². The summed E-state index contributed by atoms with van der Waals surface area (Å²) in [5.41, 5.74) is 0.813. The number of thiazole rings is 1. The summed E-state index contributed by atoms with van der Waals surface area (Å²) in [4.78, 5) is 16.2. The Balaban J connectivity index is 1.96. The van der Waals surface area contributed by atoms with Crippen molar-refractivity contribution in [3.63, 3.8) is 0 Å². The molecule has 0 spiro atoms. The second kappa shape index (κ2) is 7.38. The fraction of sp³-hybridized carbons (Fsp3) is 0.375. The first-order valence-electron chi connectivity index (χ1n) is 7.33. The van der Waals surface area contributed by atoms with E-state index in [1.807, 2.05) is 43.5 Å². The minimum Gasteiger partial charge on any atom is -0.388 e. The summed E-state index contributed by atoms with van der Waals surface area (Å²) in [5.74, 6) is 0. The van der Waals surface area contributed by atoms with Crippen LogP contribution in [-0.2, 0) is 0 Å². The normalized spacial score (nSPS) is 11.2. The van der Waals surface area contributed by atoms with E-state index < -0.39 is 5.60 Å². The molecule has 3 N–H and O–H groups in total. The van der Waals surface area contributed by atoms with Gasteiger partial charge in [-0.1, -0.05) is 26.0 Å². The number of anilines is 1. The van der Waals surface area contributed by atoms with Crippen LogP contribution in [0.1, 0.15) is 26.7 Å². The van der Waals surface area contributed by atoms with Crippen molar-refractivity contribution in [1.29, 1.82) is 0 Å². The van der Waals surface area contributed by atoms with Crippen LogP contribution in [-0.4, -0.2) is 28.3 Å². The van der Waals surface area contributed by atoms with E-state index in [1.54, 1.807) is 17.5 Å². The molecule has 2 rings (SSSR count). The summed E-state index contributed by atoms with van der Waals surface area (Å²) >= 11 is 1.55. The van der Waals surface area contributed by atoms with Crippen molar-refractivity contribution in [2.45, 2.75) is 32.3 Å². The molecule has 0 saturated carbocycles. The van der Waals surface area contributed by atoms with Crippen molar-refractivity contribution in [2.24, 2.45) is 0 Å². The second-order valence-electron chi connectivity index (χ2n) is 5.16. The van der Waals surface area contributed by atoms with Gasteiger partial charge in [-0.3, -0.25) is 0 Å². The van der Waals surface area contributed by atoms with Crippen LogP contribution in [0.5, 0.6) is 0 Å². The third kappa shape index (κ3) is 4.29. The zero-order valence-corrected chi connectivity index (χ0v) is 13.6. The zero-order valence-electron chi connectivity index (χ0n) is 12.8. The van der Waals surface area contributed by atoms with Gasteiger partial charge in [0.1, 0.15) is 5.01 Å². The topological polar surface area (TPSA) is 74.2 Å². The maximum absolute atomic E-state index is 11.9. The number of rotatable bonds is 6. The molecule has 0 aliphatic rings. The molecule has 5 nitrogen and oxygen atoms in total. The van der Waals surface area contributed by atoms with Gasteiger partial charge in [0.15, 0.2) is 0 Å². The molecule has 2 aromatic rings. The summed E-state index contributed by atoms with van der Waals surface area (Å²) in [6.45, 7) is 4.04. The highest BCUT2D eigenvalue weighted by atomic mass is 32.1. The molecule has 0 unspecified atom stereocenters. The Morgan fingerprint density at radius 1 is 1.36 bits per heavy atom. The van der Waals surface area contributed by atoms with Gasteiger partial charge in [0.05, 0.1) is 5.60 Å². The highest BCUT2D eigenvalue weighted by molar-refractivity contribution is 7.13. The molecule has 0 atom stereocenters. The highest BCUT2D eigenvalue weighted by Gasteiger charge is 2.22. The number of carbonyl (C=O) groups is 1. The first kappa shape index (κ1) is 16.5. The summed E-state index contributed by atoms with van der Waals surface area (Å²) in [5, 5.41) is 18.5. The summed E-state index contributed by atoms with van der Waals surface area (Å²) in [7, 11) is 0. The monoisotopic (exact) mass is 319 g/mol. The van der Waals surface area contributed by atoms with Crippen LogP contribution in [0, 0.1) is 0 Å². The largest absolute Gasteiger partial charge is 0.388 e. The number of benzene rings is 1. The average molecular weight is 319 g/mol. The van der Waals surface area contributed by atoms with Crippen molar-refractivity contribution >= 4 is 23.1 Å². The third-order valence-corrected chi connectivity index (χ3v) is 4.52. The summed E-state index contributed by atoms with van der Waals surface area (Å²) in [6.07, 6.45) is 2.95. The quantitative estimate of drug-likeness (QED) is 0.763. The molecule has 0 saturated heterocycles. The molecule has 1 aromatic carbocycles. The van der Waals surface area contributed by atoms with Gasteiger partial charge in [-0.05, 0) is 25.0 Å². The van der Waals surface area contributed by atoms with Crippen molar-refractivity contribution in [3.8, 4) is 10.6 Å². The molecule has 6 heteroatoms. The van der Waals surface area contributed by atoms with Crippen LogP contribution in [0.4, 0.5) is 10.5 Å². The Morgan fingerprint density at radius 2 is 2.14 bits per heavy atom. The second-order valence-corrected chi connectivity index (χ2v) is 6.05. The molecule has 0 radical (unpaired) electrons. The lowest BCUT2D eigenvalue weighted by atomic mass is 9.98. The van der Waals surface area contributed by atoms with Gasteiger partial charge >= 0.3 is 6.03 Å². The van der Waals surface area contributed by atoms with Crippen LogP contribution >= 0.6 is 11.3 Å². The van der Waals surface area contributed by atoms with E-state index in [0.717, 1.165) is 10.6 Å². The van der Waals surface area contributed by atoms with Crippen LogP contribution in [0.3, 0.4) is 0 Å². The van der Waals surface area contributed by atoms with Crippen LogP contribution in [0.15, 0.2) is 35.8 Å². The third-order valence-electron chi connectivity index (χ3n) is 3.69. The standard InChI is InChI=1S/C16H21N3O2S/c1-3-16(21,4-2)11-18-15(20)19-13-7-5-6-12(10-13)14-17-8-9-22-14/h5-10,21H,3-4,11H2,1-2H3,(H2,18,19,20). The minimum atomic E-state index is -0.847. The molecule has 118 valence electrons. The smallest absolute Gasteiger partial charge is 0.319 e. The molecule has 0 fully saturated rings. The number of carbonyl (C=O) groups excluding carboxylic acids is 1. The fourth-order valence-corrected chi connectivity index (χ4v) is 2.65. The van der Waals surface area contributed by atoms with Gasteiger partial charge in [0.25, 0.3) is 0 Å². The minimum absolute atomic E-state index is 0.234. The Morgan fingerprint density at radius 3 is 2.77 bits per heavy atom. The first-order chi connectivity index (χ1) is 10.6. The predicted octanol–water partition coefficient (Wildman–Crippen LogP) is 3.48. The van der Waals surface area contributed by atoms with Gasteiger partial charge < -0.3 is 15.7 Å². The predicted molar refractivity (Wildman–Crippen MR) is 90.1 cm³/mol. The SMILES string of the molecule is CCC(O)(CC)CNC(=O)Nc1cccc(-c2nccs2)c1. The number of amides is 2. The number of urea groups is 1. The van der Waals surface area contributed by atoms with Gasteiger partial charge in [0.2, 0.25) is 0 Å². The van der Waals surface area contributed by atoms with E-state index in [0.29, 0.717) is 18.5 Å². The molecule has 0 bridgehead atoms. The van der Waals surface area contributed by atoms with E-state index in [2.05, 4.69) is 15.6 Å². The van der Waals surface area contributed by atoms with Crippen molar-refractivity contribution in [2.75, 3.05) is 11.9 Å². The lowest BCUT2D eigenvalue weighted by Crippen LogP contribution is -2.43. The Kier molecular flexibility index (Phi) is 5.51. The molecular weight excluding hydrogens is 298 g/mol. The van der Waals surface area contributed by atoms with E-state index >= 15 is 0 Å². The molecule has 22 heavy (non-hydrogen) atoms. The van der Waals surface area contributed by atoms with Crippen molar-refractivity contribution < 1.29 is 9.90 Å². The molecule has 0 aliphatic carbocycles. The molecule has 0 aliphatic heterocycles. The molecule has 2 amide bonds. The van der Waals surface area contributed by atoms with Gasteiger partial charge in [-0.15, -0.1) is 11.3 Å². The number of nitrogens with one attached hydrogen (secondary N) is 2. The highest BCUT2D eigenvalue weighted by Crippen LogP contribution is 2.24. The maximum atomic E-state index is 11.9. The maximum Gasteiger partial charge on any atom is 0.319 e. The molecule has 1 aromatic heterocycles.